The highest BCUT2D eigenvalue weighted by atomic mass is 35.5. The molecular formula is C19H23ClN2O3. The Bertz CT molecular complexity index is 718. The van der Waals surface area contributed by atoms with Crippen LogP contribution in [0.1, 0.15) is 5.56 Å². The summed E-state index contributed by atoms with van der Waals surface area (Å²) in [6.07, 6.45) is 0. The number of methoxy groups -OCH3 is 2. The molecule has 2 aromatic rings. The van der Waals surface area contributed by atoms with Crippen molar-refractivity contribution >= 4 is 23.0 Å². The number of benzene rings is 2. The summed E-state index contributed by atoms with van der Waals surface area (Å²) >= 11 is 6.48. The molecule has 1 saturated heterocycles. The molecule has 0 atom stereocenters. The zero-order valence-corrected chi connectivity index (χ0v) is 15.3. The Kier molecular flexibility index (Phi) is 5.89. The van der Waals surface area contributed by atoms with E-state index in [2.05, 4.69) is 16.3 Å². The van der Waals surface area contributed by atoms with Crippen molar-refractivity contribution in [3.05, 3.63) is 47.0 Å². The molecule has 0 radical (unpaired) electrons. The van der Waals surface area contributed by atoms with Crippen LogP contribution in [0, 0.1) is 0 Å². The van der Waals surface area contributed by atoms with Gasteiger partial charge in [0.05, 0.1) is 38.1 Å². The minimum Gasteiger partial charge on any atom is -0.493 e. The number of para-hydroxylation sites is 1. The van der Waals surface area contributed by atoms with Crippen LogP contribution in [0.2, 0.25) is 5.02 Å². The second kappa shape index (κ2) is 8.32. The number of rotatable bonds is 6. The summed E-state index contributed by atoms with van der Waals surface area (Å²) in [5.74, 6) is 1.47. The average molecular weight is 363 g/mol. The SMILES string of the molecule is COc1cccc(CNc2ccc(N3CCOCC3)c(Cl)c2)c1OC. The molecule has 1 fully saturated rings. The molecule has 0 amide bonds. The van der Waals surface area contributed by atoms with Crippen molar-refractivity contribution in [2.24, 2.45) is 0 Å². The largest absolute Gasteiger partial charge is 0.493 e. The third-order valence-corrected chi connectivity index (χ3v) is 4.57. The second-order valence-corrected chi connectivity index (χ2v) is 6.18. The molecule has 2 aromatic carbocycles. The molecule has 1 N–H and O–H groups in total. The third-order valence-electron chi connectivity index (χ3n) is 4.27. The second-order valence-electron chi connectivity index (χ2n) is 5.77. The van der Waals surface area contributed by atoms with E-state index in [4.69, 9.17) is 25.8 Å². The van der Waals surface area contributed by atoms with E-state index < -0.39 is 0 Å². The first kappa shape index (κ1) is 17.7. The fourth-order valence-electron chi connectivity index (χ4n) is 2.97. The molecule has 0 aromatic heterocycles. The summed E-state index contributed by atoms with van der Waals surface area (Å²) in [6.45, 7) is 3.84. The molecule has 25 heavy (non-hydrogen) atoms. The maximum Gasteiger partial charge on any atom is 0.165 e. The van der Waals surface area contributed by atoms with Gasteiger partial charge in [-0.15, -0.1) is 0 Å². The molecule has 1 aliphatic heterocycles. The quantitative estimate of drug-likeness (QED) is 0.846. The Labute approximate surface area is 153 Å². The minimum atomic E-state index is 0.619. The first-order valence-electron chi connectivity index (χ1n) is 8.29. The summed E-state index contributed by atoms with van der Waals surface area (Å²) in [5.41, 5.74) is 3.04. The lowest BCUT2D eigenvalue weighted by molar-refractivity contribution is 0.122. The van der Waals surface area contributed by atoms with Crippen LogP contribution in [0.25, 0.3) is 0 Å². The van der Waals surface area contributed by atoms with Crippen molar-refractivity contribution < 1.29 is 14.2 Å². The van der Waals surface area contributed by atoms with Crippen molar-refractivity contribution in [2.45, 2.75) is 6.54 Å². The maximum atomic E-state index is 6.48. The van der Waals surface area contributed by atoms with Crippen LogP contribution in [0.4, 0.5) is 11.4 Å². The number of halogens is 1. The highest BCUT2D eigenvalue weighted by molar-refractivity contribution is 6.33. The zero-order chi connectivity index (χ0) is 17.6. The summed E-state index contributed by atoms with van der Waals surface area (Å²) in [5, 5.41) is 4.14. The highest BCUT2D eigenvalue weighted by Gasteiger charge is 2.14. The molecule has 134 valence electrons. The average Bonchev–Trinajstić information content (AvgIpc) is 2.66. The van der Waals surface area contributed by atoms with Crippen molar-refractivity contribution in [2.75, 3.05) is 50.7 Å². The summed E-state index contributed by atoms with van der Waals surface area (Å²) in [6, 6.07) is 11.9. The molecule has 0 unspecified atom stereocenters. The summed E-state index contributed by atoms with van der Waals surface area (Å²) < 4.78 is 16.2. The fraction of sp³-hybridized carbons (Fsp3) is 0.368. The van der Waals surface area contributed by atoms with Gasteiger partial charge >= 0.3 is 0 Å². The Morgan fingerprint density at radius 3 is 2.60 bits per heavy atom. The van der Waals surface area contributed by atoms with Crippen LogP contribution in [0.5, 0.6) is 11.5 Å². The van der Waals surface area contributed by atoms with Gasteiger partial charge in [0.15, 0.2) is 11.5 Å². The highest BCUT2D eigenvalue weighted by Crippen LogP contribution is 2.32. The summed E-state index contributed by atoms with van der Waals surface area (Å²) in [4.78, 5) is 2.25. The van der Waals surface area contributed by atoms with E-state index in [9.17, 15) is 0 Å². The van der Waals surface area contributed by atoms with Gasteiger partial charge in [0.1, 0.15) is 0 Å². The van der Waals surface area contributed by atoms with Crippen LogP contribution in [0.3, 0.4) is 0 Å². The predicted octanol–water partition coefficient (Wildman–Crippen LogP) is 3.81. The number of morpholine rings is 1. The molecule has 0 spiro atoms. The smallest absolute Gasteiger partial charge is 0.165 e. The van der Waals surface area contributed by atoms with Gasteiger partial charge in [-0.2, -0.15) is 0 Å². The Morgan fingerprint density at radius 2 is 1.92 bits per heavy atom. The number of ether oxygens (including phenoxy) is 3. The van der Waals surface area contributed by atoms with E-state index in [1.165, 1.54) is 0 Å². The molecular weight excluding hydrogens is 340 g/mol. The first-order chi connectivity index (χ1) is 12.2. The number of hydrogen-bond donors (Lipinski definition) is 1. The van der Waals surface area contributed by atoms with Gasteiger partial charge in [0, 0.05) is 30.9 Å². The molecule has 6 heteroatoms. The Balaban J connectivity index is 1.71. The molecule has 0 saturated carbocycles. The zero-order valence-electron chi connectivity index (χ0n) is 14.5. The number of nitrogens with zero attached hydrogens (tertiary/aromatic N) is 1. The lowest BCUT2D eigenvalue weighted by Gasteiger charge is -2.29. The normalized spacial score (nSPS) is 14.3. The lowest BCUT2D eigenvalue weighted by atomic mass is 10.1. The van der Waals surface area contributed by atoms with Crippen LogP contribution < -0.4 is 19.7 Å². The minimum absolute atomic E-state index is 0.619. The fourth-order valence-corrected chi connectivity index (χ4v) is 3.27. The summed E-state index contributed by atoms with van der Waals surface area (Å²) in [7, 11) is 3.29. The van der Waals surface area contributed by atoms with Crippen molar-refractivity contribution in [1.29, 1.82) is 0 Å². The van der Waals surface area contributed by atoms with Gasteiger partial charge < -0.3 is 24.4 Å². The van der Waals surface area contributed by atoms with Gasteiger partial charge in [-0.1, -0.05) is 23.7 Å². The monoisotopic (exact) mass is 362 g/mol. The molecule has 0 aliphatic carbocycles. The van der Waals surface area contributed by atoms with Gasteiger partial charge in [0.25, 0.3) is 0 Å². The van der Waals surface area contributed by atoms with Crippen molar-refractivity contribution in [1.82, 2.24) is 0 Å². The van der Waals surface area contributed by atoms with Crippen molar-refractivity contribution in [3.8, 4) is 11.5 Å². The van der Waals surface area contributed by atoms with Crippen molar-refractivity contribution in [3.63, 3.8) is 0 Å². The van der Waals surface area contributed by atoms with Gasteiger partial charge in [-0.05, 0) is 24.3 Å². The molecule has 1 heterocycles. The van der Waals surface area contributed by atoms with Crippen LogP contribution >= 0.6 is 11.6 Å². The number of anilines is 2. The van der Waals surface area contributed by atoms with Gasteiger partial charge in [0.2, 0.25) is 0 Å². The number of hydrogen-bond acceptors (Lipinski definition) is 5. The number of nitrogens with one attached hydrogen (secondary N) is 1. The van der Waals surface area contributed by atoms with Gasteiger partial charge in [-0.25, -0.2) is 0 Å². The van der Waals surface area contributed by atoms with E-state index in [0.717, 1.165) is 59.8 Å². The van der Waals surface area contributed by atoms with Gasteiger partial charge in [-0.3, -0.25) is 0 Å². The Morgan fingerprint density at radius 1 is 1.12 bits per heavy atom. The van der Waals surface area contributed by atoms with E-state index in [1.807, 2.05) is 30.3 Å². The maximum absolute atomic E-state index is 6.48. The standard InChI is InChI=1S/C19H23ClN2O3/c1-23-18-5-3-4-14(19(18)24-2)13-21-15-6-7-17(16(20)12-15)22-8-10-25-11-9-22/h3-7,12,21H,8-11,13H2,1-2H3. The topological polar surface area (TPSA) is 43.0 Å². The molecule has 1 aliphatic rings. The van der Waals surface area contributed by atoms with E-state index >= 15 is 0 Å². The molecule has 0 bridgehead atoms. The van der Waals surface area contributed by atoms with E-state index in [-0.39, 0.29) is 0 Å². The van der Waals surface area contributed by atoms with E-state index in [0.29, 0.717) is 6.54 Å². The van der Waals surface area contributed by atoms with Crippen LogP contribution in [-0.2, 0) is 11.3 Å². The van der Waals surface area contributed by atoms with Crippen LogP contribution in [-0.4, -0.2) is 40.5 Å². The lowest BCUT2D eigenvalue weighted by Crippen LogP contribution is -2.36. The third kappa shape index (κ3) is 4.11. The first-order valence-corrected chi connectivity index (χ1v) is 8.66. The predicted molar refractivity (Wildman–Crippen MR) is 101 cm³/mol. The Hall–Kier alpha value is -2.11. The van der Waals surface area contributed by atoms with Crippen LogP contribution in [0.15, 0.2) is 36.4 Å². The molecule has 3 rings (SSSR count). The van der Waals surface area contributed by atoms with E-state index in [1.54, 1.807) is 14.2 Å². The molecule has 5 nitrogen and oxygen atoms in total.